The molecule has 33 heavy (non-hydrogen) atoms. The van der Waals surface area contributed by atoms with E-state index in [2.05, 4.69) is 41.2 Å². The lowest BCUT2D eigenvalue weighted by molar-refractivity contribution is -0.124. The van der Waals surface area contributed by atoms with E-state index in [4.69, 9.17) is 4.74 Å². The summed E-state index contributed by atoms with van der Waals surface area (Å²) in [4.78, 5) is 23.7. The van der Waals surface area contributed by atoms with Gasteiger partial charge >= 0.3 is 5.97 Å². The number of carbonyl (C=O) groups is 2. The van der Waals surface area contributed by atoms with Gasteiger partial charge in [0.15, 0.2) is 0 Å². The van der Waals surface area contributed by atoms with Crippen LogP contribution < -0.4 is 10.1 Å². The number of amides is 1. The number of hydrogen-bond donors (Lipinski definition) is 2. The van der Waals surface area contributed by atoms with E-state index in [9.17, 15) is 14.7 Å². The molecular formula is C27H34N2O4. The zero-order valence-electron chi connectivity index (χ0n) is 20.0. The number of rotatable bonds is 11. The number of benzene rings is 2. The number of carboxylic acid groups (broad SMARTS) is 1. The molecule has 0 spiro atoms. The molecule has 2 N–H and O–H groups in total. The Labute approximate surface area is 195 Å². The van der Waals surface area contributed by atoms with Crippen LogP contribution in [0.1, 0.15) is 60.7 Å². The van der Waals surface area contributed by atoms with Gasteiger partial charge in [0.25, 0.3) is 0 Å². The van der Waals surface area contributed by atoms with Crippen LogP contribution in [0.25, 0.3) is 10.9 Å². The van der Waals surface area contributed by atoms with Gasteiger partial charge in [-0.1, -0.05) is 45.4 Å². The van der Waals surface area contributed by atoms with Crippen LogP contribution in [0.2, 0.25) is 0 Å². The fraction of sp³-hybridized carbons (Fsp3) is 0.407. The number of ether oxygens (including phenoxy) is 1. The number of carbonyl (C=O) groups excluding carboxylic acids is 1. The van der Waals surface area contributed by atoms with Crippen LogP contribution in [0.4, 0.5) is 0 Å². The van der Waals surface area contributed by atoms with Crippen molar-refractivity contribution in [1.82, 2.24) is 9.88 Å². The number of hydrogen-bond acceptors (Lipinski definition) is 3. The molecule has 6 nitrogen and oxygen atoms in total. The molecule has 2 aromatic carbocycles. The lowest BCUT2D eigenvalue weighted by atomic mass is 9.98. The predicted molar refractivity (Wildman–Crippen MR) is 131 cm³/mol. The Balaban J connectivity index is 1.95. The summed E-state index contributed by atoms with van der Waals surface area (Å²) in [6.45, 7) is 7.45. The molecule has 0 fully saturated rings. The second-order valence-corrected chi connectivity index (χ2v) is 8.61. The number of fused-ring (bicyclic) bond motifs is 1. The Hall–Kier alpha value is -3.28. The van der Waals surface area contributed by atoms with Crippen molar-refractivity contribution in [3.63, 3.8) is 0 Å². The van der Waals surface area contributed by atoms with E-state index >= 15 is 0 Å². The van der Waals surface area contributed by atoms with E-state index in [1.807, 2.05) is 19.9 Å². The molecule has 0 aliphatic rings. The quantitative estimate of drug-likeness (QED) is 0.428. The molecule has 3 aromatic rings. The first-order valence-corrected chi connectivity index (χ1v) is 11.7. The van der Waals surface area contributed by atoms with Crippen molar-refractivity contribution >= 4 is 22.8 Å². The van der Waals surface area contributed by atoms with Crippen molar-refractivity contribution in [3.05, 3.63) is 64.8 Å². The van der Waals surface area contributed by atoms with E-state index in [-0.39, 0.29) is 17.4 Å². The normalized spacial score (nSPS) is 12.0. The average molecular weight is 451 g/mol. The Morgan fingerprint density at radius 1 is 1.09 bits per heavy atom. The zero-order valence-corrected chi connectivity index (χ0v) is 20.0. The van der Waals surface area contributed by atoms with Gasteiger partial charge in [0.1, 0.15) is 5.75 Å². The summed E-state index contributed by atoms with van der Waals surface area (Å²) in [5, 5.41) is 13.5. The van der Waals surface area contributed by atoms with Crippen LogP contribution in [0.3, 0.4) is 0 Å². The van der Waals surface area contributed by atoms with Crippen LogP contribution in [-0.2, 0) is 24.2 Å². The molecule has 176 valence electrons. The van der Waals surface area contributed by atoms with E-state index in [0.717, 1.165) is 35.9 Å². The van der Waals surface area contributed by atoms with Crippen molar-refractivity contribution in [2.45, 2.75) is 53.0 Å². The number of nitrogens with one attached hydrogen (secondary N) is 1. The molecule has 3 rings (SSSR count). The molecule has 0 saturated carbocycles. The van der Waals surface area contributed by atoms with Crippen LogP contribution in [-0.4, -0.2) is 35.2 Å². The van der Waals surface area contributed by atoms with Crippen LogP contribution in [0.15, 0.2) is 42.6 Å². The van der Waals surface area contributed by atoms with E-state index in [1.165, 1.54) is 10.9 Å². The molecule has 0 bridgehead atoms. The van der Waals surface area contributed by atoms with Gasteiger partial charge in [-0.15, -0.1) is 0 Å². The molecule has 1 heterocycles. The Morgan fingerprint density at radius 2 is 1.88 bits per heavy atom. The summed E-state index contributed by atoms with van der Waals surface area (Å²) in [7, 11) is 1.56. The summed E-state index contributed by atoms with van der Waals surface area (Å²) >= 11 is 0. The van der Waals surface area contributed by atoms with Gasteiger partial charge in [0.2, 0.25) is 5.91 Å². The van der Waals surface area contributed by atoms with Gasteiger partial charge < -0.3 is 19.7 Å². The molecule has 1 unspecified atom stereocenters. The van der Waals surface area contributed by atoms with Crippen molar-refractivity contribution in [2.75, 3.05) is 13.7 Å². The minimum atomic E-state index is -0.974. The van der Waals surface area contributed by atoms with Gasteiger partial charge in [-0.3, -0.25) is 4.79 Å². The van der Waals surface area contributed by atoms with Gasteiger partial charge in [0.05, 0.1) is 19.2 Å². The smallest absolute Gasteiger partial charge is 0.335 e. The van der Waals surface area contributed by atoms with Gasteiger partial charge in [0, 0.05) is 35.1 Å². The zero-order chi connectivity index (χ0) is 24.0. The minimum absolute atomic E-state index is 0.0854. The van der Waals surface area contributed by atoms with Crippen LogP contribution >= 0.6 is 0 Å². The average Bonchev–Trinajstić information content (AvgIpc) is 3.14. The maximum atomic E-state index is 12.3. The lowest BCUT2D eigenvalue weighted by Gasteiger charge is -2.14. The first-order valence-electron chi connectivity index (χ1n) is 11.7. The Kier molecular flexibility index (Phi) is 8.15. The van der Waals surface area contributed by atoms with E-state index in [1.54, 1.807) is 19.2 Å². The van der Waals surface area contributed by atoms with Crippen molar-refractivity contribution in [1.29, 1.82) is 0 Å². The summed E-state index contributed by atoms with van der Waals surface area (Å²) in [5.74, 6) is -0.428. The standard InChI is InChI=1S/C27H34N2O4/c1-5-7-21-16-29(17-22-10-9-20(27(31)32)15-25(22)33-4)24-14-19(8-11-23(21)24)13-18(3)26(30)28-12-6-2/h8-11,14-16,18H,5-7,12-13,17H2,1-4H3,(H,28,30)(H,31,32). The van der Waals surface area contributed by atoms with Crippen molar-refractivity contribution < 1.29 is 19.4 Å². The summed E-state index contributed by atoms with van der Waals surface area (Å²) in [6.07, 6.45) is 5.81. The number of aryl methyl sites for hydroxylation is 1. The van der Waals surface area contributed by atoms with E-state index < -0.39 is 5.97 Å². The first kappa shape index (κ1) is 24.4. The van der Waals surface area contributed by atoms with Gasteiger partial charge in [-0.25, -0.2) is 4.79 Å². The highest BCUT2D eigenvalue weighted by Gasteiger charge is 2.16. The minimum Gasteiger partial charge on any atom is -0.496 e. The lowest BCUT2D eigenvalue weighted by Crippen LogP contribution is -2.30. The Morgan fingerprint density at radius 3 is 2.55 bits per heavy atom. The summed E-state index contributed by atoms with van der Waals surface area (Å²) < 4.78 is 7.69. The second kappa shape index (κ2) is 11.0. The number of methoxy groups -OCH3 is 1. The predicted octanol–water partition coefficient (Wildman–Crippen LogP) is 5.05. The third-order valence-electron chi connectivity index (χ3n) is 5.96. The maximum Gasteiger partial charge on any atom is 0.335 e. The first-order chi connectivity index (χ1) is 15.9. The number of nitrogens with zero attached hydrogens (tertiary/aromatic N) is 1. The molecule has 1 amide bonds. The molecule has 1 atom stereocenters. The SMILES string of the molecule is CCCNC(=O)C(C)Cc1ccc2c(CCC)cn(Cc3ccc(C(=O)O)cc3OC)c2c1. The number of aromatic nitrogens is 1. The fourth-order valence-corrected chi connectivity index (χ4v) is 4.20. The van der Waals surface area contributed by atoms with Gasteiger partial charge in [-0.2, -0.15) is 0 Å². The fourth-order valence-electron chi connectivity index (χ4n) is 4.20. The molecular weight excluding hydrogens is 416 g/mol. The highest BCUT2D eigenvalue weighted by atomic mass is 16.5. The summed E-state index contributed by atoms with van der Waals surface area (Å²) in [6, 6.07) is 11.5. The topological polar surface area (TPSA) is 80.6 Å². The van der Waals surface area contributed by atoms with Crippen LogP contribution in [0.5, 0.6) is 5.75 Å². The third kappa shape index (κ3) is 5.75. The highest BCUT2D eigenvalue weighted by molar-refractivity contribution is 5.88. The largest absolute Gasteiger partial charge is 0.496 e. The van der Waals surface area contributed by atoms with Gasteiger partial charge in [-0.05, 0) is 48.6 Å². The second-order valence-electron chi connectivity index (χ2n) is 8.61. The Bertz CT molecular complexity index is 1130. The molecule has 1 aromatic heterocycles. The molecule has 6 heteroatoms. The molecule has 0 aliphatic carbocycles. The van der Waals surface area contributed by atoms with Crippen LogP contribution in [0, 0.1) is 5.92 Å². The number of aromatic carboxylic acids is 1. The van der Waals surface area contributed by atoms with Crippen molar-refractivity contribution in [2.24, 2.45) is 5.92 Å². The molecule has 0 aliphatic heterocycles. The maximum absolute atomic E-state index is 12.3. The summed E-state index contributed by atoms with van der Waals surface area (Å²) in [5.41, 5.74) is 4.64. The highest BCUT2D eigenvalue weighted by Crippen LogP contribution is 2.28. The van der Waals surface area contributed by atoms with Crippen molar-refractivity contribution in [3.8, 4) is 5.75 Å². The monoisotopic (exact) mass is 450 g/mol. The number of carboxylic acids is 1. The van der Waals surface area contributed by atoms with E-state index in [0.29, 0.717) is 25.3 Å². The molecule has 0 saturated heterocycles. The third-order valence-corrected chi connectivity index (χ3v) is 5.96. The molecule has 0 radical (unpaired) electrons.